The van der Waals surface area contributed by atoms with Gasteiger partial charge in [0.25, 0.3) is 0 Å². The molecule has 0 N–H and O–H groups in total. The van der Waals surface area contributed by atoms with Crippen LogP contribution in [0.3, 0.4) is 0 Å². The standard InChI is InChI=1S/C13H18N.ClH/c1-11-7-3-4-8-12(11)13-9-5-6-10-14(13)2;/h3-4,7-8H,5-6,9-10H2,1-2H3;1H/q+1;/p-1. The van der Waals surface area contributed by atoms with Gasteiger partial charge in [-0.3, -0.25) is 0 Å². The lowest BCUT2D eigenvalue weighted by atomic mass is 9.97. The lowest BCUT2D eigenvalue weighted by molar-refractivity contribution is -0.502. The topological polar surface area (TPSA) is 3.01 Å². The van der Waals surface area contributed by atoms with Gasteiger partial charge in [0.15, 0.2) is 5.71 Å². The Morgan fingerprint density at radius 1 is 1.13 bits per heavy atom. The molecule has 1 aliphatic rings. The first kappa shape index (κ1) is 12.3. The lowest BCUT2D eigenvalue weighted by Crippen LogP contribution is -3.00. The van der Waals surface area contributed by atoms with E-state index in [-0.39, 0.29) is 12.4 Å². The maximum Gasteiger partial charge on any atom is 0.183 e. The van der Waals surface area contributed by atoms with E-state index in [0.717, 1.165) is 0 Å². The Morgan fingerprint density at radius 3 is 2.53 bits per heavy atom. The molecule has 0 atom stereocenters. The molecule has 1 aromatic rings. The van der Waals surface area contributed by atoms with E-state index < -0.39 is 0 Å². The Hall–Kier alpha value is -0.820. The normalized spacial score (nSPS) is 16.1. The lowest BCUT2D eigenvalue weighted by Gasteiger charge is -2.13. The minimum atomic E-state index is 0. The van der Waals surface area contributed by atoms with Crippen LogP contribution in [-0.2, 0) is 0 Å². The molecule has 2 heteroatoms. The van der Waals surface area contributed by atoms with E-state index in [4.69, 9.17) is 0 Å². The molecule has 0 saturated carbocycles. The third-order valence-electron chi connectivity index (χ3n) is 3.07. The molecule has 0 aromatic heterocycles. The molecular formula is C13H18ClN. The van der Waals surface area contributed by atoms with E-state index in [1.807, 2.05) is 0 Å². The van der Waals surface area contributed by atoms with Crippen LogP contribution in [0, 0.1) is 6.92 Å². The van der Waals surface area contributed by atoms with Gasteiger partial charge in [-0.15, -0.1) is 0 Å². The Kier molecular flexibility index (Phi) is 4.34. The van der Waals surface area contributed by atoms with Crippen LogP contribution in [-0.4, -0.2) is 23.9 Å². The third-order valence-corrected chi connectivity index (χ3v) is 3.07. The maximum absolute atomic E-state index is 2.41. The van der Waals surface area contributed by atoms with E-state index in [1.165, 1.54) is 42.6 Å². The molecule has 0 radical (unpaired) electrons. The minimum Gasteiger partial charge on any atom is -1.00 e. The largest absolute Gasteiger partial charge is 1.00 e. The second kappa shape index (κ2) is 5.32. The molecule has 0 unspecified atom stereocenters. The average molecular weight is 224 g/mol. The molecule has 82 valence electrons. The molecule has 1 aliphatic heterocycles. The van der Waals surface area contributed by atoms with Gasteiger partial charge in [0, 0.05) is 18.4 Å². The third kappa shape index (κ3) is 2.60. The Bertz CT molecular complexity index is 369. The highest BCUT2D eigenvalue weighted by Gasteiger charge is 2.19. The van der Waals surface area contributed by atoms with Crippen molar-refractivity contribution in [3.63, 3.8) is 0 Å². The van der Waals surface area contributed by atoms with Gasteiger partial charge in [0.2, 0.25) is 0 Å². The predicted octanol–water partition coefficient (Wildman–Crippen LogP) is -0.386. The van der Waals surface area contributed by atoms with Crippen molar-refractivity contribution in [3.8, 4) is 0 Å². The maximum atomic E-state index is 2.41. The highest BCUT2D eigenvalue weighted by molar-refractivity contribution is 5.98. The van der Waals surface area contributed by atoms with Crippen molar-refractivity contribution >= 4 is 5.71 Å². The van der Waals surface area contributed by atoms with Crippen molar-refractivity contribution < 1.29 is 17.0 Å². The van der Waals surface area contributed by atoms with Crippen LogP contribution in [0.5, 0.6) is 0 Å². The van der Waals surface area contributed by atoms with Crippen molar-refractivity contribution in [2.75, 3.05) is 13.6 Å². The van der Waals surface area contributed by atoms with Crippen molar-refractivity contribution in [2.24, 2.45) is 0 Å². The van der Waals surface area contributed by atoms with E-state index in [9.17, 15) is 0 Å². The molecule has 2 rings (SSSR count). The highest BCUT2D eigenvalue weighted by atomic mass is 35.5. The van der Waals surface area contributed by atoms with E-state index in [0.29, 0.717) is 0 Å². The number of benzene rings is 1. The van der Waals surface area contributed by atoms with E-state index in [1.54, 1.807) is 0 Å². The average Bonchev–Trinajstić information content (AvgIpc) is 2.20. The summed E-state index contributed by atoms with van der Waals surface area (Å²) in [6, 6.07) is 8.69. The van der Waals surface area contributed by atoms with Crippen molar-refractivity contribution in [1.82, 2.24) is 0 Å². The van der Waals surface area contributed by atoms with Crippen molar-refractivity contribution in [2.45, 2.75) is 26.2 Å². The second-order valence-electron chi connectivity index (χ2n) is 4.14. The van der Waals surface area contributed by atoms with Crippen LogP contribution in [0.15, 0.2) is 24.3 Å². The van der Waals surface area contributed by atoms with Crippen LogP contribution >= 0.6 is 0 Å². The number of rotatable bonds is 1. The SMILES string of the molecule is Cc1ccccc1C1=[N+](C)CCCC1.[Cl-]. The van der Waals surface area contributed by atoms with Crippen LogP contribution in [0.25, 0.3) is 0 Å². The van der Waals surface area contributed by atoms with Gasteiger partial charge < -0.3 is 12.4 Å². The highest BCUT2D eigenvalue weighted by Crippen LogP contribution is 2.15. The van der Waals surface area contributed by atoms with Crippen LogP contribution in [0.1, 0.15) is 30.4 Å². The van der Waals surface area contributed by atoms with Crippen LogP contribution in [0.2, 0.25) is 0 Å². The van der Waals surface area contributed by atoms with Crippen LogP contribution < -0.4 is 12.4 Å². The molecule has 0 amide bonds. The smallest absolute Gasteiger partial charge is 0.183 e. The van der Waals surface area contributed by atoms with Gasteiger partial charge in [0.1, 0.15) is 13.6 Å². The first-order valence-corrected chi connectivity index (χ1v) is 5.42. The monoisotopic (exact) mass is 223 g/mol. The molecule has 0 aliphatic carbocycles. The van der Waals surface area contributed by atoms with Crippen LogP contribution in [0.4, 0.5) is 0 Å². The number of hydrogen-bond acceptors (Lipinski definition) is 0. The summed E-state index contributed by atoms with van der Waals surface area (Å²) in [6.07, 6.45) is 3.92. The van der Waals surface area contributed by atoms with Gasteiger partial charge in [-0.25, -0.2) is 4.58 Å². The molecule has 15 heavy (non-hydrogen) atoms. The molecule has 0 fully saturated rings. The molecule has 0 spiro atoms. The zero-order chi connectivity index (χ0) is 9.97. The molecule has 0 saturated heterocycles. The minimum absolute atomic E-state index is 0. The first-order valence-electron chi connectivity index (χ1n) is 5.42. The zero-order valence-corrected chi connectivity index (χ0v) is 10.2. The number of nitrogens with zero attached hydrogens (tertiary/aromatic N) is 1. The molecule has 1 aromatic carbocycles. The summed E-state index contributed by atoms with van der Waals surface area (Å²) in [5, 5.41) is 0. The molecular weight excluding hydrogens is 206 g/mol. The van der Waals surface area contributed by atoms with Gasteiger partial charge in [0.05, 0.1) is 0 Å². The Morgan fingerprint density at radius 2 is 1.87 bits per heavy atom. The summed E-state index contributed by atoms with van der Waals surface area (Å²) >= 11 is 0. The van der Waals surface area contributed by atoms with Gasteiger partial charge in [-0.1, -0.05) is 18.2 Å². The van der Waals surface area contributed by atoms with Gasteiger partial charge in [-0.2, -0.15) is 0 Å². The second-order valence-corrected chi connectivity index (χ2v) is 4.14. The summed E-state index contributed by atoms with van der Waals surface area (Å²) < 4.78 is 2.41. The first-order chi connectivity index (χ1) is 6.79. The summed E-state index contributed by atoms with van der Waals surface area (Å²) in [6.45, 7) is 3.41. The fourth-order valence-electron chi connectivity index (χ4n) is 2.20. The predicted molar refractivity (Wildman–Crippen MR) is 60.2 cm³/mol. The van der Waals surface area contributed by atoms with E-state index >= 15 is 0 Å². The summed E-state index contributed by atoms with van der Waals surface area (Å²) in [4.78, 5) is 0. The Balaban J connectivity index is 0.00000112. The molecule has 1 heterocycles. The quantitative estimate of drug-likeness (QED) is 0.571. The zero-order valence-electron chi connectivity index (χ0n) is 9.46. The number of aryl methyl sites for hydroxylation is 1. The Labute approximate surface area is 98.2 Å². The number of hydrogen-bond donors (Lipinski definition) is 0. The summed E-state index contributed by atoms with van der Waals surface area (Å²) in [5.74, 6) is 0. The van der Waals surface area contributed by atoms with Gasteiger partial charge in [-0.05, 0) is 25.0 Å². The number of halogens is 1. The van der Waals surface area contributed by atoms with Crippen molar-refractivity contribution in [3.05, 3.63) is 35.4 Å². The molecule has 1 nitrogen and oxygen atoms in total. The molecule has 0 bridgehead atoms. The van der Waals surface area contributed by atoms with Gasteiger partial charge >= 0.3 is 0 Å². The fourth-order valence-corrected chi connectivity index (χ4v) is 2.20. The van der Waals surface area contributed by atoms with Crippen molar-refractivity contribution in [1.29, 1.82) is 0 Å². The fraction of sp³-hybridized carbons (Fsp3) is 0.462. The summed E-state index contributed by atoms with van der Waals surface area (Å²) in [7, 11) is 2.21. The van der Waals surface area contributed by atoms with E-state index in [2.05, 4.69) is 42.8 Å². The summed E-state index contributed by atoms with van der Waals surface area (Å²) in [5.41, 5.74) is 4.36.